The predicted octanol–water partition coefficient (Wildman–Crippen LogP) is 1.67. The summed E-state index contributed by atoms with van der Waals surface area (Å²) >= 11 is 0. The Labute approximate surface area is 112 Å². The number of nitrogens with one attached hydrogen (secondary N) is 2. The smallest absolute Gasteiger partial charge is 0.253 e. The zero-order valence-corrected chi connectivity index (χ0v) is 11.3. The number of aryl methyl sites for hydroxylation is 2. The first-order valence-electron chi connectivity index (χ1n) is 7.17. The third kappa shape index (κ3) is 2.20. The fraction of sp³-hybridized carbons (Fsp3) is 0.600. The number of aromatic nitrogens is 1. The molecule has 19 heavy (non-hydrogen) atoms. The second-order valence-electron chi connectivity index (χ2n) is 5.80. The van der Waals surface area contributed by atoms with Gasteiger partial charge in [-0.15, -0.1) is 0 Å². The van der Waals surface area contributed by atoms with Crippen molar-refractivity contribution in [3.05, 3.63) is 33.2 Å². The first kappa shape index (κ1) is 12.5. The molecule has 0 spiro atoms. The molecule has 2 aliphatic rings. The molecule has 1 aromatic rings. The van der Waals surface area contributed by atoms with E-state index in [-0.39, 0.29) is 16.9 Å². The van der Waals surface area contributed by atoms with Gasteiger partial charge in [-0.3, -0.25) is 9.59 Å². The SMILES string of the molecule is CCC1(C(=O)NCc2cc3c([nH]c2=O)CCC3)CC1. The minimum absolute atomic E-state index is 0.0534. The van der Waals surface area contributed by atoms with Crippen LogP contribution in [-0.4, -0.2) is 10.9 Å². The number of hydrogen-bond donors (Lipinski definition) is 2. The molecule has 1 saturated carbocycles. The van der Waals surface area contributed by atoms with Crippen molar-refractivity contribution in [1.82, 2.24) is 10.3 Å². The lowest BCUT2D eigenvalue weighted by atomic mass is 10.0. The quantitative estimate of drug-likeness (QED) is 0.865. The van der Waals surface area contributed by atoms with Crippen LogP contribution in [0.3, 0.4) is 0 Å². The molecule has 3 rings (SSSR count). The fourth-order valence-corrected chi connectivity index (χ4v) is 2.95. The highest BCUT2D eigenvalue weighted by Gasteiger charge is 2.47. The summed E-state index contributed by atoms with van der Waals surface area (Å²) in [6.07, 6.45) is 5.97. The minimum atomic E-state index is -0.135. The summed E-state index contributed by atoms with van der Waals surface area (Å²) in [5.74, 6) is 0.106. The standard InChI is InChI=1S/C15H20N2O2/c1-2-15(6-7-15)14(19)16-9-11-8-10-4-3-5-12(10)17-13(11)18/h8H,2-7,9H2,1H3,(H,16,19)(H,17,18). The summed E-state index contributed by atoms with van der Waals surface area (Å²) < 4.78 is 0. The van der Waals surface area contributed by atoms with Gasteiger partial charge in [-0.2, -0.15) is 0 Å². The Morgan fingerprint density at radius 2 is 2.21 bits per heavy atom. The van der Waals surface area contributed by atoms with Crippen molar-refractivity contribution in [3.8, 4) is 0 Å². The normalized spacial score (nSPS) is 19.0. The van der Waals surface area contributed by atoms with Gasteiger partial charge >= 0.3 is 0 Å². The number of amides is 1. The van der Waals surface area contributed by atoms with Gasteiger partial charge in [0.2, 0.25) is 5.91 Å². The lowest BCUT2D eigenvalue weighted by Gasteiger charge is -2.13. The van der Waals surface area contributed by atoms with Crippen LogP contribution in [0.15, 0.2) is 10.9 Å². The average molecular weight is 260 g/mol. The van der Waals surface area contributed by atoms with Crippen LogP contribution in [0.5, 0.6) is 0 Å². The highest BCUT2D eigenvalue weighted by Crippen LogP contribution is 2.48. The van der Waals surface area contributed by atoms with Gasteiger partial charge in [-0.05, 0) is 50.2 Å². The van der Waals surface area contributed by atoms with Crippen molar-refractivity contribution >= 4 is 5.91 Å². The van der Waals surface area contributed by atoms with Gasteiger partial charge < -0.3 is 10.3 Å². The van der Waals surface area contributed by atoms with E-state index in [1.807, 2.05) is 6.07 Å². The lowest BCUT2D eigenvalue weighted by molar-refractivity contribution is -0.126. The highest BCUT2D eigenvalue weighted by atomic mass is 16.2. The van der Waals surface area contributed by atoms with Crippen LogP contribution in [0.25, 0.3) is 0 Å². The van der Waals surface area contributed by atoms with Crippen molar-refractivity contribution in [2.24, 2.45) is 5.41 Å². The largest absolute Gasteiger partial charge is 0.351 e. The molecule has 0 radical (unpaired) electrons. The number of hydrogen-bond acceptors (Lipinski definition) is 2. The van der Waals surface area contributed by atoms with Crippen molar-refractivity contribution in [3.63, 3.8) is 0 Å². The third-order valence-corrected chi connectivity index (χ3v) is 4.62. The molecule has 2 N–H and O–H groups in total. The van der Waals surface area contributed by atoms with Gasteiger partial charge in [-0.25, -0.2) is 0 Å². The second-order valence-corrected chi connectivity index (χ2v) is 5.80. The van der Waals surface area contributed by atoms with E-state index in [4.69, 9.17) is 0 Å². The molecule has 4 nitrogen and oxygen atoms in total. The molecule has 0 unspecified atom stereocenters. The summed E-state index contributed by atoms with van der Waals surface area (Å²) in [7, 11) is 0. The molecule has 1 fully saturated rings. The molecule has 0 saturated heterocycles. The van der Waals surface area contributed by atoms with Crippen LogP contribution in [0, 0.1) is 5.41 Å². The van der Waals surface area contributed by atoms with E-state index in [2.05, 4.69) is 17.2 Å². The van der Waals surface area contributed by atoms with Crippen LogP contribution in [-0.2, 0) is 24.2 Å². The zero-order valence-electron chi connectivity index (χ0n) is 11.3. The van der Waals surface area contributed by atoms with Crippen LogP contribution in [0.1, 0.15) is 49.4 Å². The number of carbonyl (C=O) groups is 1. The molecule has 4 heteroatoms. The predicted molar refractivity (Wildman–Crippen MR) is 72.9 cm³/mol. The van der Waals surface area contributed by atoms with E-state index in [1.165, 1.54) is 5.56 Å². The Hall–Kier alpha value is -1.58. The summed E-state index contributed by atoms with van der Waals surface area (Å²) in [6.45, 7) is 2.40. The van der Waals surface area contributed by atoms with Gasteiger partial charge in [-0.1, -0.05) is 6.92 Å². The lowest BCUT2D eigenvalue weighted by Crippen LogP contribution is -2.33. The molecule has 0 aromatic carbocycles. The Kier molecular flexibility index (Phi) is 2.96. The fourth-order valence-electron chi connectivity index (χ4n) is 2.95. The van der Waals surface area contributed by atoms with E-state index >= 15 is 0 Å². The number of aromatic amines is 1. The Morgan fingerprint density at radius 3 is 2.89 bits per heavy atom. The molecule has 102 valence electrons. The van der Waals surface area contributed by atoms with E-state index in [0.29, 0.717) is 12.1 Å². The van der Waals surface area contributed by atoms with E-state index in [1.54, 1.807) is 0 Å². The van der Waals surface area contributed by atoms with Gasteiger partial charge in [0.05, 0.1) is 0 Å². The first-order chi connectivity index (χ1) is 9.14. The molecule has 1 heterocycles. The molecule has 0 aliphatic heterocycles. The number of fused-ring (bicyclic) bond motifs is 1. The zero-order chi connectivity index (χ0) is 13.5. The Morgan fingerprint density at radius 1 is 1.42 bits per heavy atom. The van der Waals surface area contributed by atoms with Crippen LogP contribution < -0.4 is 10.9 Å². The molecular formula is C15H20N2O2. The number of H-pyrrole nitrogens is 1. The topological polar surface area (TPSA) is 62.0 Å². The summed E-state index contributed by atoms with van der Waals surface area (Å²) in [4.78, 5) is 26.9. The van der Waals surface area contributed by atoms with Gasteiger partial charge in [0.15, 0.2) is 0 Å². The minimum Gasteiger partial charge on any atom is -0.351 e. The summed E-state index contributed by atoms with van der Waals surface area (Å²) in [5.41, 5.74) is 2.81. The first-order valence-corrected chi connectivity index (χ1v) is 7.17. The molecular weight excluding hydrogens is 240 g/mol. The Bertz CT molecular complexity index is 570. The summed E-state index contributed by atoms with van der Waals surface area (Å²) in [5, 5.41) is 2.93. The molecule has 0 bridgehead atoms. The molecule has 1 aromatic heterocycles. The number of rotatable bonds is 4. The maximum absolute atomic E-state index is 12.1. The monoisotopic (exact) mass is 260 g/mol. The maximum Gasteiger partial charge on any atom is 0.253 e. The van der Waals surface area contributed by atoms with Crippen molar-refractivity contribution < 1.29 is 4.79 Å². The summed E-state index contributed by atoms with van der Waals surface area (Å²) in [6, 6.07) is 1.97. The molecule has 0 atom stereocenters. The molecule has 1 amide bonds. The average Bonchev–Trinajstić information content (AvgIpc) is 3.09. The van der Waals surface area contributed by atoms with Crippen LogP contribution in [0.2, 0.25) is 0 Å². The van der Waals surface area contributed by atoms with Crippen LogP contribution >= 0.6 is 0 Å². The highest BCUT2D eigenvalue weighted by molar-refractivity contribution is 5.85. The van der Waals surface area contributed by atoms with Gasteiger partial charge in [0, 0.05) is 23.2 Å². The van der Waals surface area contributed by atoms with E-state index in [9.17, 15) is 9.59 Å². The molecule has 2 aliphatic carbocycles. The van der Waals surface area contributed by atoms with E-state index < -0.39 is 0 Å². The van der Waals surface area contributed by atoms with Crippen LogP contribution in [0.4, 0.5) is 0 Å². The van der Waals surface area contributed by atoms with Gasteiger partial charge in [0.25, 0.3) is 5.56 Å². The van der Waals surface area contributed by atoms with Crippen molar-refractivity contribution in [2.45, 2.75) is 52.0 Å². The third-order valence-electron chi connectivity index (χ3n) is 4.62. The Balaban J connectivity index is 1.71. The van der Waals surface area contributed by atoms with Crippen molar-refractivity contribution in [2.75, 3.05) is 0 Å². The second kappa shape index (κ2) is 4.51. The van der Waals surface area contributed by atoms with E-state index in [0.717, 1.165) is 44.2 Å². The number of pyridine rings is 1. The van der Waals surface area contributed by atoms with Gasteiger partial charge in [0.1, 0.15) is 0 Å². The maximum atomic E-state index is 12.1. The van der Waals surface area contributed by atoms with Crippen molar-refractivity contribution in [1.29, 1.82) is 0 Å². The number of carbonyl (C=O) groups excluding carboxylic acids is 1.